The molecule has 2 amide bonds. The van der Waals surface area contributed by atoms with Gasteiger partial charge in [-0.15, -0.1) is 0 Å². The van der Waals surface area contributed by atoms with Crippen molar-refractivity contribution in [3.8, 4) is 5.75 Å². The van der Waals surface area contributed by atoms with Gasteiger partial charge >= 0.3 is 0 Å². The standard InChI is InChI=1S/C31H35BrN2O3/c1-37-28-18-14-24(15-19-28)21-30(35)34(22-25-12-16-26(32)17-13-25)29(20-23-8-4-2-5-9-23)31(36)33-27-10-6-3-7-11-27/h2,4-5,8-9,12-19,27,29H,3,6-7,10-11,20-22H2,1H3,(H,33,36)/t29-/m1/s1. The van der Waals surface area contributed by atoms with E-state index in [9.17, 15) is 9.59 Å². The van der Waals surface area contributed by atoms with Gasteiger partial charge in [0, 0.05) is 23.5 Å². The summed E-state index contributed by atoms with van der Waals surface area (Å²) >= 11 is 3.49. The SMILES string of the molecule is COc1ccc(CC(=O)N(Cc2ccc(Br)cc2)[C@H](Cc2ccccc2)C(=O)NC2CCCCC2)cc1. The quantitative estimate of drug-likeness (QED) is 0.325. The molecule has 0 saturated heterocycles. The Morgan fingerprint density at radius 3 is 2.19 bits per heavy atom. The van der Waals surface area contributed by atoms with Crippen LogP contribution >= 0.6 is 15.9 Å². The van der Waals surface area contributed by atoms with Crippen molar-refractivity contribution in [2.75, 3.05) is 7.11 Å². The lowest BCUT2D eigenvalue weighted by atomic mass is 9.94. The van der Waals surface area contributed by atoms with E-state index in [0.29, 0.717) is 13.0 Å². The molecule has 1 aliphatic carbocycles. The molecule has 194 valence electrons. The average Bonchev–Trinajstić information content (AvgIpc) is 2.93. The minimum Gasteiger partial charge on any atom is -0.497 e. The molecule has 1 saturated carbocycles. The van der Waals surface area contributed by atoms with Crippen molar-refractivity contribution in [2.24, 2.45) is 0 Å². The molecule has 3 aromatic carbocycles. The fraction of sp³-hybridized carbons (Fsp3) is 0.355. The number of carbonyl (C=O) groups is 2. The van der Waals surface area contributed by atoms with Gasteiger partial charge in [0.05, 0.1) is 13.5 Å². The van der Waals surface area contributed by atoms with Gasteiger partial charge in [0.25, 0.3) is 0 Å². The normalized spacial score (nSPS) is 14.5. The number of nitrogens with zero attached hydrogens (tertiary/aromatic N) is 1. The molecule has 1 atom stereocenters. The lowest BCUT2D eigenvalue weighted by molar-refractivity contribution is -0.141. The summed E-state index contributed by atoms with van der Waals surface area (Å²) in [5.41, 5.74) is 2.90. The summed E-state index contributed by atoms with van der Waals surface area (Å²) in [5, 5.41) is 3.29. The van der Waals surface area contributed by atoms with Crippen LogP contribution < -0.4 is 10.1 Å². The summed E-state index contributed by atoms with van der Waals surface area (Å²) < 4.78 is 6.24. The van der Waals surface area contributed by atoms with Crippen molar-refractivity contribution < 1.29 is 14.3 Å². The van der Waals surface area contributed by atoms with E-state index in [0.717, 1.165) is 52.6 Å². The molecule has 1 aliphatic rings. The van der Waals surface area contributed by atoms with Gasteiger partial charge in [0.15, 0.2) is 0 Å². The van der Waals surface area contributed by atoms with E-state index in [1.165, 1.54) is 6.42 Å². The van der Waals surface area contributed by atoms with Crippen LogP contribution in [0.25, 0.3) is 0 Å². The number of hydrogen-bond donors (Lipinski definition) is 1. The summed E-state index contributed by atoms with van der Waals surface area (Å²) in [7, 11) is 1.62. The van der Waals surface area contributed by atoms with Crippen LogP contribution in [0.2, 0.25) is 0 Å². The zero-order valence-corrected chi connectivity index (χ0v) is 23.0. The number of rotatable bonds is 10. The van der Waals surface area contributed by atoms with E-state index in [4.69, 9.17) is 4.74 Å². The van der Waals surface area contributed by atoms with E-state index in [1.807, 2.05) is 78.9 Å². The Morgan fingerprint density at radius 1 is 0.892 bits per heavy atom. The summed E-state index contributed by atoms with van der Waals surface area (Å²) in [6.07, 6.45) is 6.15. The third-order valence-electron chi connectivity index (χ3n) is 7.00. The van der Waals surface area contributed by atoms with Crippen LogP contribution in [0.1, 0.15) is 48.8 Å². The minimum absolute atomic E-state index is 0.0732. The molecule has 3 aromatic rings. The van der Waals surface area contributed by atoms with Gasteiger partial charge in [0.2, 0.25) is 11.8 Å². The number of ether oxygens (including phenoxy) is 1. The van der Waals surface area contributed by atoms with Crippen molar-refractivity contribution >= 4 is 27.7 Å². The molecule has 0 heterocycles. The van der Waals surface area contributed by atoms with E-state index in [2.05, 4.69) is 21.2 Å². The lowest BCUT2D eigenvalue weighted by Gasteiger charge is -2.33. The van der Waals surface area contributed by atoms with Crippen molar-refractivity contribution in [1.29, 1.82) is 0 Å². The van der Waals surface area contributed by atoms with Gasteiger partial charge in [-0.1, -0.05) is 89.8 Å². The number of amides is 2. The topological polar surface area (TPSA) is 58.6 Å². The molecule has 0 aliphatic heterocycles. The first-order valence-corrected chi connectivity index (χ1v) is 13.8. The number of nitrogens with one attached hydrogen (secondary N) is 1. The molecule has 1 N–H and O–H groups in total. The van der Waals surface area contributed by atoms with Crippen LogP contribution in [-0.2, 0) is 29.0 Å². The number of methoxy groups -OCH3 is 1. The number of halogens is 1. The first-order valence-electron chi connectivity index (χ1n) is 13.0. The monoisotopic (exact) mass is 562 g/mol. The third kappa shape index (κ3) is 7.93. The van der Waals surface area contributed by atoms with E-state index < -0.39 is 6.04 Å². The van der Waals surface area contributed by atoms with E-state index >= 15 is 0 Å². The first kappa shape index (κ1) is 26.9. The van der Waals surface area contributed by atoms with Gasteiger partial charge < -0.3 is 15.0 Å². The highest BCUT2D eigenvalue weighted by molar-refractivity contribution is 9.10. The molecule has 0 spiro atoms. The Kier molecular flexibility index (Phi) is 9.78. The smallest absolute Gasteiger partial charge is 0.243 e. The summed E-state index contributed by atoms with van der Waals surface area (Å²) in [4.78, 5) is 29.4. The number of benzene rings is 3. The molecule has 5 nitrogen and oxygen atoms in total. The van der Waals surface area contributed by atoms with E-state index in [1.54, 1.807) is 12.0 Å². The Balaban J connectivity index is 1.63. The summed E-state index contributed by atoms with van der Waals surface area (Å²) in [6.45, 7) is 0.359. The Labute approximate surface area is 228 Å². The van der Waals surface area contributed by atoms with Gasteiger partial charge in [0.1, 0.15) is 11.8 Å². The fourth-order valence-electron chi connectivity index (χ4n) is 4.90. The lowest BCUT2D eigenvalue weighted by Crippen LogP contribution is -2.53. The molecular weight excluding hydrogens is 528 g/mol. The van der Waals surface area contributed by atoms with Crippen molar-refractivity contribution in [2.45, 2.75) is 63.6 Å². The van der Waals surface area contributed by atoms with Crippen LogP contribution in [0, 0.1) is 0 Å². The highest BCUT2D eigenvalue weighted by Gasteiger charge is 2.32. The molecule has 0 bridgehead atoms. The second-order valence-electron chi connectivity index (χ2n) is 9.72. The van der Waals surface area contributed by atoms with Crippen molar-refractivity contribution in [3.05, 3.63) is 100 Å². The Hall–Kier alpha value is -3.12. The largest absolute Gasteiger partial charge is 0.497 e. The van der Waals surface area contributed by atoms with Crippen LogP contribution in [0.4, 0.5) is 0 Å². The molecule has 0 aromatic heterocycles. The van der Waals surface area contributed by atoms with Crippen molar-refractivity contribution in [3.63, 3.8) is 0 Å². The maximum Gasteiger partial charge on any atom is 0.243 e. The van der Waals surface area contributed by atoms with Crippen molar-refractivity contribution in [1.82, 2.24) is 10.2 Å². The van der Waals surface area contributed by atoms with Crippen LogP contribution in [0.15, 0.2) is 83.3 Å². The maximum atomic E-state index is 13.9. The third-order valence-corrected chi connectivity index (χ3v) is 7.53. The van der Waals surface area contributed by atoms with Crippen LogP contribution in [0.5, 0.6) is 5.75 Å². The Morgan fingerprint density at radius 2 is 1.54 bits per heavy atom. The van der Waals surface area contributed by atoms with Gasteiger partial charge in [-0.3, -0.25) is 9.59 Å². The maximum absolute atomic E-state index is 13.9. The first-order chi connectivity index (χ1) is 18.0. The average molecular weight is 564 g/mol. The second-order valence-corrected chi connectivity index (χ2v) is 10.6. The molecular formula is C31H35BrN2O3. The van der Waals surface area contributed by atoms with Gasteiger partial charge in [-0.2, -0.15) is 0 Å². The molecule has 0 radical (unpaired) electrons. The summed E-state index contributed by atoms with van der Waals surface area (Å²) in [5.74, 6) is 0.598. The molecule has 37 heavy (non-hydrogen) atoms. The molecule has 4 rings (SSSR count). The molecule has 0 unspecified atom stereocenters. The predicted molar refractivity (Wildman–Crippen MR) is 150 cm³/mol. The molecule has 1 fully saturated rings. The summed E-state index contributed by atoms with van der Waals surface area (Å²) in [6, 6.07) is 25.0. The highest BCUT2D eigenvalue weighted by atomic mass is 79.9. The Bertz CT molecular complexity index is 1140. The number of carbonyl (C=O) groups excluding carboxylic acids is 2. The highest BCUT2D eigenvalue weighted by Crippen LogP contribution is 2.21. The molecule has 6 heteroatoms. The predicted octanol–water partition coefficient (Wildman–Crippen LogP) is 6.09. The second kappa shape index (κ2) is 13.4. The van der Waals surface area contributed by atoms with Crippen LogP contribution in [-0.4, -0.2) is 35.9 Å². The fourth-order valence-corrected chi connectivity index (χ4v) is 5.17. The zero-order valence-electron chi connectivity index (χ0n) is 21.4. The van der Waals surface area contributed by atoms with E-state index in [-0.39, 0.29) is 24.3 Å². The van der Waals surface area contributed by atoms with Crippen LogP contribution in [0.3, 0.4) is 0 Å². The van der Waals surface area contributed by atoms with Gasteiger partial charge in [-0.05, 0) is 53.8 Å². The minimum atomic E-state index is -0.612. The van der Waals surface area contributed by atoms with Gasteiger partial charge in [-0.25, -0.2) is 0 Å². The zero-order chi connectivity index (χ0) is 26.0. The number of hydrogen-bond acceptors (Lipinski definition) is 3.